The number of carbonyl (C=O) groups excluding carboxylic acids is 3. The standard InChI is InChI=1S/C43H71NO8/c1-6-8-10-12-14-15-16-17-18-19-20-21-22-23-24-25-26-27-28-30-32-34-41(46)52-39(37-50-40(45)33-31-29-13-11-9-7-2)38-51-43(42(47)48)49-36-35-44(3,4)5/h8,10,14-15,17-18,20-21,23-24,26-27,39,43H,6-7,9,11-13,16,19,22,25,28-38H2,1-5H3/b10-8-,15-14-,18-17-,21-20-,24-23-,27-26-. The highest BCUT2D eigenvalue weighted by Crippen LogP contribution is 2.10. The van der Waals surface area contributed by atoms with E-state index in [1.165, 1.54) is 6.42 Å². The van der Waals surface area contributed by atoms with Crippen molar-refractivity contribution in [1.82, 2.24) is 0 Å². The minimum Gasteiger partial charge on any atom is -0.545 e. The van der Waals surface area contributed by atoms with Gasteiger partial charge in [-0.1, -0.05) is 119 Å². The summed E-state index contributed by atoms with van der Waals surface area (Å²) in [6, 6.07) is 0. The van der Waals surface area contributed by atoms with Gasteiger partial charge in [-0.2, -0.15) is 0 Å². The van der Waals surface area contributed by atoms with Gasteiger partial charge in [-0.25, -0.2) is 0 Å². The minimum absolute atomic E-state index is 0.136. The molecule has 0 radical (unpaired) electrons. The third kappa shape index (κ3) is 35.1. The highest BCUT2D eigenvalue weighted by Gasteiger charge is 2.21. The van der Waals surface area contributed by atoms with Crippen molar-refractivity contribution < 1.29 is 42.9 Å². The van der Waals surface area contributed by atoms with Crippen LogP contribution in [0.3, 0.4) is 0 Å². The third-order valence-corrected chi connectivity index (χ3v) is 7.72. The molecule has 0 aliphatic rings. The molecule has 0 fully saturated rings. The normalized spacial score (nSPS) is 13.8. The number of esters is 2. The number of carboxylic acids is 1. The van der Waals surface area contributed by atoms with Gasteiger partial charge in [-0.3, -0.25) is 9.59 Å². The van der Waals surface area contributed by atoms with Crippen LogP contribution in [0.5, 0.6) is 0 Å². The second kappa shape index (κ2) is 34.8. The van der Waals surface area contributed by atoms with Crippen molar-refractivity contribution >= 4 is 17.9 Å². The number of hydrogen-bond donors (Lipinski definition) is 0. The van der Waals surface area contributed by atoms with Gasteiger partial charge >= 0.3 is 11.9 Å². The molecule has 0 heterocycles. The molecule has 0 saturated carbocycles. The van der Waals surface area contributed by atoms with Crippen molar-refractivity contribution in [3.05, 3.63) is 72.9 Å². The SMILES string of the molecule is CC/C=C\C/C=C\C/C=C\C/C=C\C/C=C\C/C=C\CCCCC(=O)OC(COC(=O)CCCCCCCC)COC(OCC[N+](C)(C)C)C(=O)[O-]. The maximum Gasteiger partial charge on any atom is 0.306 e. The molecule has 0 amide bonds. The Hall–Kier alpha value is -3.27. The maximum atomic E-state index is 12.6. The van der Waals surface area contributed by atoms with E-state index in [1.54, 1.807) is 0 Å². The summed E-state index contributed by atoms with van der Waals surface area (Å²) in [6.07, 6.45) is 38.3. The predicted octanol–water partition coefficient (Wildman–Crippen LogP) is 8.27. The summed E-state index contributed by atoms with van der Waals surface area (Å²) in [7, 11) is 5.87. The first-order chi connectivity index (χ1) is 25.1. The smallest absolute Gasteiger partial charge is 0.306 e. The Morgan fingerprint density at radius 3 is 1.63 bits per heavy atom. The van der Waals surface area contributed by atoms with Gasteiger partial charge < -0.3 is 33.3 Å². The fourth-order valence-electron chi connectivity index (χ4n) is 4.65. The number of allylic oxidation sites excluding steroid dienone is 12. The van der Waals surface area contributed by atoms with Crippen LogP contribution in [0.15, 0.2) is 72.9 Å². The topological polar surface area (TPSA) is 111 Å². The number of quaternary nitrogens is 1. The van der Waals surface area contributed by atoms with Crippen LogP contribution < -0.4 is 5.11 Å². The number of unbranched alkanes of at least 4 members (excludes halogenated alkanes) is 7. The number of nitrogens with zero attached hydrogens (tertiary/aromatic N) is 1. The third-order valence-electron chi connectivity index (χ3n) is 7.72. The lowest BCUT2D eigenvalue weighted by molar-refractivity contribution is -0.870. The van der Waals surface area contributed by atoms with Gasteiger partial charge in [0.25, 0.3) is 0 Å². The van der Waals surface area contributed by atoms with Gasteiger partial charge in [0.1, 0.15) is 13.2 Å². The van der Waals surface area contributed by atoms with Crippen molar-refractivity contribution in [2.75, 3.05) is 47.5 Å². The molecule has 0 aromatic carbocycles. The van der Waals surface area contributed by atoms with Gasteiger partial charge in [0, 0.05) is 12.8 Å². The number of ether oxygens (including phenoxy) is 4. The molecule has 296 valence electrons. The molecule has 9 nitrogen and oxygen atoms in total. The van der Waals surface area contributed by atoms with Crippen molar-refractivity contribution in [1.29, 1.82) is 0 Å². The van der Waals surface area contributed by atoms with Gasteiger partial charge in [-0.05, 0) is 64.2 Å². The second-order valence-corrected chi connectivity index (χ2v) is 13.8. The van der Waals surface area contributed by atoms with Gasteiger partial charge in [0.15, 0.2) is 12.4 Å². The van der Waals surface area contributed by atoms with Crippen LogP contribution in [-0.4, -0.2) is 82.3 Å². The molecular weight excluding hydrogens is 658 g/mol. The molecule has 9 heteroatoms. The number of aliphatic carboxylic acids is 1. The fourth-order valence-corrected chi connectivity index (χ4v) is 4.65. The summed E-state index contributed by atoms with van der Waals surface area (Å²) < 4.78 is 22.3. The number of hydrogen-bond acceptors (Lipinski definition) is 8. The molecule has 0 aliphatic carbocycles. The molecule has 2 unspecified atom stereocenters. The summed E-state index contributed by atoms with van der Waals surface area (Å²) in [4.78, 5) is 36.6. The van der Waals surface area contributed by atoms with Crippen LogP contribution in [0, 0.1) is 0 Å². The molecular formula is C43H71NO8. The van der Waals surface area contributed by atoms with E-state index in [-0.39, 0.29) is 38.6 Å². The quantitative estimate of drug-likeness (QED) is 0.0214. The summed E-state index contributed by atoms with van der Waals surface area (Å²) >= 11 is 0. The summed E-state index contributed by atoms with van der Waals surface area (Å²) in [5.41, 5.74) is 0. The van der Waals surface area contributed by atoms with E-state index in [4.69, 9.17) is 18.9 Å². The van der Waals surface area contributed by atoms with E-state index >= 15 is 0 Å². The number of likely N-dealkylation sites (N-methyl/N-ethyl adjacent to an activating group) is 1. The molecule has 0 bridgehead atoms. The fraction of sp³-hybridized carbons (Fsp3) is 0.651. The monoisotopic (exact) mass is 730 g/mol. The zero-order chi connectivity index (χ0) is 38.5. The predicted molar refractivity (Wildman–Crippen MR) is 209 cm³/mol. The van der Waals surface area contributed by atoms with Gasteiger partial charge in [0.2, 0.25) is 0 Å². The first-order valence-corrected chi connectivity index (χ1v) is 19.6. The molecule has 0 aliphatic heterocycles. The van der Waals surface area contributed by atoms with Gasteiger partial charge in [0.05, 0.1) is 40.3 Å². The summed E-state index contributed by atoms with van der Waals surface area (Å²) in [5.74, 6) is -2.37. The molecule has 0 aromatic rings. The Labute approximate surface area is 316 Å². The first-order valence-electron chi connectivity index (χ1n) is 19.6. The average Bonchev–Trinajstić information content (AvgIpc) is 3.10. The number of carbonyl (C=O) groups is 3. The highest BCUT2D eigenvalue weighted by atomic mass is 16.7. The van der Waals surface area contributed by atoms with Crippen LogP contribution in [0.25, 0.3) is 0 Å². The van der Waals surface area contributed by atoms with E-state index in [0.717, 1.165) is 83.5 Å². The molecule has 0 aromatic heterocycles. The van der Waals surface area contributed by atoms with Crippen molar-refractivity contribution in [2.24, 2.45) is 0 Å². The van der Waals surface area contributed by atoms with E-state index in [9.17, 15) is 19.5 Å². The maximum absolute atomic E-state index is 12.6. The largest absolute Gasteiger partial charge is 0.545 e. The second-order valence-electron chi connectivity index (χ2n) is 13.8. The Morgan fingerprint density at radius 1 is 0.596 bits per heavy atom. The zero-order valence-corrected chi connectivity index (χ0v) is 33.1. The number of carboxylic acid groups (broad SMARTS) is 1. The molecule has 2 atom stereocenters. The molecule has 0 saturated heterocycles. The molecule has 0 spiro atoms. The Bertz CT molecular complexity index is 1080. The Kier molecular flexibility index (Phi) is 32.6. The Morgan fingerprint density at radius 2 is 1.10 bits per heavy atom. The van der Waals surface area contributed by atoms with Crippen LogP contribution in [0.2, 0.25) is 0 Å². The van der Waals surface area contributed by atoms with Crippen LogP contribution in [-0.2, 0) is 33.3 Å². The zero-order valence-electron chi connectivity index (χ0n) is 33.1. The lowest BCUT2D eigenvalue weighted by Gasteiger charge is -2.26. The summed E-state index contributed by atoms with van der Waals surface area (Å²) in [5, 5.41) is 11.6. The van der Waals surface area contributed by atoms with Crippen molar-refractivity contribution in [3.63, 3.8) is 0 Å². The molecule has 52 heavy (non-hydrogen) atoms. The van der Waals surface area contributed by atoms with Crippen LogP contribution >= 0.6 is 0 Å². The van der Waals surface area contributed by atoms with E-state index in [2.05, 4.69) is 86.8 Å². The van der Waals surface area contributed by atoms with Gasteiger partial charge in [-0.15, -0.1) is 0 Å². The van der Waals surface area contributed by atoms with Crippen LogP contribution in [0.4, 0.5) is 0 Å². The van der Waals surface area contributed by atoms with E-state index < -0.39 is 24.3 Å². The highest BCUT2D eigenvalue weighted by molar-refractivity contribution is 5.70. The number of rotatable bonds is 34. The molecule has 0 rings (SSSR count). The van der Waals surface area contributed by atoms with E-state index in [0.29, 0.717) is 17.4 Å². The lowest BCUT2D eigenvalue weighted by Crippen LogP contribution is -2.44. The van der Waals surface area contributed by atoms with Crippen molar-refractivity contribution in [2.45, 2.75) is 135 Å². The van der Waals surface area contributed by atoms with Crippen molar-refractivity contribution in [3.8, 4) is 0 Å². The molecule has 0 N–H and O–H groups in total. The Balaban J connectivity index is 4.51. The lowest BCUT2D eigenvalue weighted by atomic mass is 10.1. The van der Waals surface area contributed by atoms with Crippen LogP contribution in [0.1, 0.15) is 123 Å². The average molecular weight is 730 g/mol. The van der Waals surface area contributed by atoms with E-state index in [1.807, 2.05) is 21.1 Å². The first kappa shape index (κ1) is 48.7. The minimum atomic E-state index is -1.63. The summed E-state index contributed by atoms with van der Waals surface area (Å²) in [6.45, 7) is 4.46.